The molecule has 88 valence electrons. The topological polar surface area (TPSA) is 24.5 Å². The average molecular weight is 212 g/mol. The van der Waals surface area contributed by atoms with E-state index in [0.717, 1.165) is 19.6 Å². The van der Waals surface area contributed by atoms with Crippen LogP contribution in [0.15, 0.2) is 0 Å². The highest BCUT2D eigenvalue weighted by Crippen LogP contribution is 2.32. The number of hydrogen-bond donors (Lipinski definition) is 1. The number of nitrogens with one attached hydrogen (secondary N) is 1. The van der Waals surface area contributed by atoms with Crippen LogP contribution in [-0.2, 0) is 4.74 Å². The van der Waals surface area contributed by atoms with Crippen molar-refractivity contribution in [1.82, 2.24) is 10.2 Å². The smallest absolute Gasteiger partial charge is 0.0637 e. The first-order valence-corrected chi connectivity index (χ1v) is 6.17. The zero-order chi connectivity index (χ0) is 10.9. The lowest BCUT2D eigenvalue weighted by molar-refractivity contribution is -0.0233. The van der Waals surface area contributed by atoms with Gasteiger partial charge in [0.25, 0.3) is 0 Å². The van der Waals surface area contributed by atoms with Crippen molar-refractivity contribution >= 4 is 0 Å². The van der Waals surface area contributed by atoms with Gasteiger partial charge in [-0.25, -0.2) is 0 Å². The summed E-state index contributed by atoms with van der Waals surface area (Å²) in [4.78, 5) is 2.65. The minimum atomic E-state index is 0.362. The third-order valence-electron chi connectivity index (χ3n) is 4.06. The summed E-state index contributed by atoms with van der Waals surface area (Å²) in [6.07, 6.45) is 3.80. The third-order valence-corrected chi connectivity index (χ3v) is 4.06. The fraction of sp³-hybridized carbons (Fsp3) is 1.00. The van der Waals surface area contributed by atoms with Gasteiger partial charge >= 0.3 is 0 Å². The number of rotatable bonds is 2. The van der Waals surface area contributed by atoms with Gasteiger partial charge in [0.15, 0.2) is 0 Å². The first kappa shape index (κ1) is 11.4. The monoisotopic (exact) mass is 212 g/mol. The van der Waals surface area contributed by atoms with Crippen LogP contribution in [0.3, 0.4) is 0 Å². The zero-order valence-corrected chi connectivity index (χ0v) is 10.3. The van der Waals surface area contributed by atoms with Crippen LogP contribution in [-0.4, -0.2) is 49.3 Å². The summed E-state index contributed by atoms with van der Waals surface area (Å²) in [5.74, 6) is 0. The summed E-state index contributed by atoms with van der Waals surface area (Å²) >= 11 is 0. The molecule has 0 aliphatic carbocycles. The molecule has 0 spiro atoms. The van der Waals surface area contributed by atoms with Gasteiger partial charge in [-0.15, -0.1) is 0 Å². The van der Waals surface area contributed by atoms with Crippen LogP contribution in [0.25, 0.3) is 0 Å². The molecule has 2 unspecified atom stereocenters. The predicted molar refractivity (Wildman–Crippen MR) is 62.1 cm³/mol. The van der Waals surface area contributed by atoms with Crippen LogP contribution in [0.1, 0.15) is 33.1 Å². The summed E-state index contributed by atoms with van der Waals surface area (Å²) in [5, 5.41) is 3.45. The molecular formula is C12H24N2O. The molecule has 3 heteroatoms. The van der Waals surface area contributed by atoms with E-state index in [2.05, 4.69) is 31.1 Å². The Labute approximate surface area is 93.2 Å². The van der Waals surface area contributed by atoms with Gasteiger partial charge in [0.05, 0.1) is 6.61 Å². The molecule has 2 aliphatic heterocycles. The van der Waals surface area contributed by atoms with Crippen LogP contribution < -0.4 is 5.32 Å². The number of likely N-dealkylation sites (tertiary alicyclic amines) is 1. The number of ether oxygens (including phenoxy) is 1. The van der Waals surface area contributed by atoms with Gasteiger partial charge in [0, 0.05) is 24.2 Å². The van der Waals surface area contributed by atoms with E-state index >= 15 is 0 Å². The van der Waals surface area contributed by atoms with E-state index in [1.54, 1.807) is 0 Å². The van der Waals surface area contributed by atoms with Gasteiger partial charge < -0.3 is 10.1 Å². The molecule has 0 radical (unpaired) electrons. The highest BCUT2D eigenvalue weighted by molar-refractivity contribution is 4.97. The Morgan fingerprint density at radius 2 is 2.20 bits per heavy atom. The molecule has 1 N–H and O–H groups in total. The van der Waals surface area contributed by atoms with Crippen molar-refractivity contribution in [1.29, 1.82) is 0 Å². The standard InChI is InChI=1S/C12H24N2O/c1-12(2)6-4-7-14(12)11-9-15-8-5-10(11)13-3/h10-11,13H,4-9H2,1-3H3. The Morgan fingerprint density at radius 3 is 2.80 bits per heavy atom. The van der Waals surface area contributed by atoms with Crippen LogP contribution in [0.2, 0.25) is 0 Å². The van der Waals surface area contributed by atoms with Crippen LogP contribution >= 0.6 is 0 Å². The highest BCUT2D eigenvalue weighted by atomic mass is 16.5. The van der Waals surface area contributed by atoms with Crippen molar-refractivity contribution in [2.75, 3.05) is 26.8 Å². The second-order valence-corrected chi connectivity index (χ2v) is 5.44. The Kier molecular flexibility index (Phi) is 3.33. The maximum absolute atomic E-state index is 5.64. The van der Waals surface area contributed by atoms with E-state index < -0.39 is 0 Å². The van der Waals surface area contributed by atoms with Crippen molar-refractivity contribution in [3.05, 3.63) is 0 Å². The zero-order valence-electron chi connectivity index (χ0n) is 10.3. The fourth-order valence-electron chi connectivity index (χ4n) is 3.11. The van der Waals surface area contributed by atoms with Crippen LogP contribution in [0.4, 0.5) is 0 Å². The summed E-state index contributed by atoms with van der Waals surface area (Å²) in [6, 6.07) is 1.18. The molecule has 2 atom stereocenters. The second-order valence-electron chi connectivity index (χ2n) is 5.44. The number of likely N-dealkylation sites (N-methyl/N-ethyl adjacent to an activating group) is 1. The normalized spacial score (nSPS) is 37.0. The molecule has 0 saturated carbocycles. The van der Waals surface area contributed by atoms with Crippen molar-refractivity contribution < 1.29 is 4.74 Å². The predicted octanol–water partition coefficient (Wildman–Crippen LogP) is 1.24. The largest absolute Gasteiger partial charge is 0.380 e. The number of nitrogens with zero attached hydrogens (tertiary/aromatic N) is 1. The lowest BCUT2D eigenvalue weighted by Crippen LogP contribution is -2.58. The van der Waals surface area contributed by atoms with E-state index in [0.29, 0.717) is 17.6 Å². The van der Waals surface area contributed by atoms with E-state index in [4.69, 9.17) is 4.74 Å². The summed E-state index contributed by atoms with van der Waals surface area (Å²) in [5.41, 5.74) is 0.362. The Bertz CT molecular complexity index is 218. The third kappa shape index (κ3) is 2.19. The molecule has 2 aliphatic rings. The Morgan fingerprint density at radius 1 is 1.40 bits per heavy atom. The Balaban J connectivity index is 2.07. The van der Waals surface area contributed by atoms with E-state index in [1.807, 2.05) is 0 Å². The molecule has 0 amide bonds. The molecule has 0 bridgehead atoms. The molecule has 2 fully saturated rings. The molecule has 2 heterocycles. The molecule has 2 saturated heterocycles. The molecule has 2 rings (SSSR count). The molecule has 0 aromatic heterocycles. The van der Waals surface area contributed by atoms with Gasteiger partial charge in [-0.3, -0.25) is 4.90 Å². The van der Waals surface area contributed by atoms with Crippen molar-refractivity contribution in [2.45, 2.75) is 50.7 Å². The lowest BCUT2D eigenvalue weighted by atomic mass is 9.96. The highest BCUT2D eigenvalue weighted by Gasteiger charge is 2.40. The van der Waals surface area contributed by atoms with Crippen molar-refractivity contribution in [3.8, 4) is 0 Å². The SMILES string of the molecule is CNC1CCOCC1N1CCCC1(C)C. The minimum Gasteiger partial charge on any atom is -0.380 e. The molecule has 0 aromatic rings. The minimum absolute atomic E-state index is 0.362. The first-order valence-electron chi connectivity index (χ1n) is 6.17. The van der Waals surface area contributed by atoms with Crippen molar-refractivity contribution in [3.63, 3.8) is 0 Å². The molecule has 3 nitrogen and oxygen atoms in total. The summed E-state index contributed by atoms with van der Waals surface area (Å²) in [7, 11) is 2.08. The van der Waals surface area contributed by atoms with E-state index in [1.165, 1.54) is 19.4 Å². The summed E-state index contributed by atoms with van der Waals surface area (Å²) in [6.45, 7) is 7.77. The summed E-state index contributed by atoms with van der Waals surface area (Å²) < 4.78 is 5.64. The van der Waals surface area contributed by atoms with Gasteiger partial charge in [-0.1, -0.05) is 0 Å². The van der Waals surface area contributed by atoms with E-state index in [-0.39, 0.29) is 0 Å². The van der Waals surface area contributed by atoms with Gasteiger partial charge in [0.2, 0.25) is 0 Å². The Hall–Kier alpha value is -0.120. The average Bonchev–Trinajstić information content (AvgIpc) is 2.58. The van der Waals surface area contributed by atoms with Gasteiger partial charge in [-0.05, 0) is 46.7 Å². The molecule has 0 aromatic carbocycles. The lowest BCUT2D eigenvalue weighted by Gasteiger charge is -2.44. The quantitative estimate of drug-likeness (QED) is 0.745. The van der Waals surface area contributed by atoms with Crippen LogP contribution in [0.5, 0.6) is 0 Å². The number of hydrogen-bond acceptors (Lipinski definition) is 3. The van der Waals surface area contributed by atoms with Gasteiger partial charge in [-0.2, -0.15) is 0 Å². The molecule has 15 heavy (non-hydrogen) atoms. The molecular weight excluding hydrogens is 188 g/mol. The maximum atomic E-state index is 5.64. The fourth-order valence-corrected chi connectivity index (χ4v) is 3.11. The van der Waals surface area contributed by atoms with Crippen molar-refractivity contribution in [2.24, 2.45) is 0 Å². The van der Waals surface area contributed by atoms with Gasteiger partial charge in [0.1, 0.15) is 0 Å². The van der Waals surface area contributed by atoms with Crippen LogP contribution in [0, 0.1) is 0 Å². The van der Waals surface area contributed by atoms with E-state index in [9.17, 15) is 0 Å². The first-order chi connectivity index (χ1) is 7.15. The maximum Gasteiger partial charge on any atom is 0.0637 e. The second kappa shape index (κ2) is 4.40.